The molecule has 0 fully saturated rings. The van der Waals surface area contributed by atoms with E-state index < -0.39 is 0 Å². The molecule has 2 heteroatoms. The molecule has 0 saturated carbocycles. The predicted molar refractivity (Wildman–Crippen MR) is 115 cm³/mol. The lowest BCUT2D eigenvalue weighted by Gasteiger charge is -2.14. The maximum absolute atomic E-state index is 15.4. The van der Waals surface area contributed by atoms with Crippen LogP contribution in [-0.4, -0.2) is 0 Å². The highest BCUT2D eigenvalue weighted by atomic mass is 19.1. The Bertz CT molecular complexity index is 1230. The molecule has 4 aromatic rings. The number of hydrogen-bond acceptors (Lipinski definition) is 0. The lowest BCUT2D eigenvalue weighted by atomic mass is 9.92. The molecule has 0 spiro atoms. The van der Waals surface area contributed by atoms with Crippen molar-refractivity contribution in [1.29, 1.82) is 0 Å². The molecule has 0 bridgehead atoms. The molecule has 0 saturated heterocycles. The van der Waals surface area contributed by atoms with Crippen molar-refractivity contribution >= 4 is 10.8 Å². The fraction of sp³-hybridized carbons (Fsp3) is 0.192. The number of hydrogen-bond donors (Lipinski definition) is 0. The Morgan fingerprint density at radius 1 is 0.857 bits per heavy atom. The maximum atomic E-state index is 15.4. The SMILES string of the molecule is [2H]c1c(C)[n+](C)c(-c2c(C)c(C)cc(C)c2F)c2ccc(-c3ccccc3)cc12. The molecule has 1 heterocycles. The van der Waals surface area contributed by atoms with E-state index in [1.165, 1.54) is 0 Å². The Morgan fingerprint density at radius 2 is 1.57 bits per heavy atom. The molecule has 0 radical (unpaired) electrons. The number of aromatic nitrogens is 1. The van der Waals surface area contributed by atoms with E-state index in [4.69, 9.17) is 1.37 Å². The van der Waals surface area contributed by atoms with E-state index in [-0.39, 0.29) is 5.82 Å². The van der Waals surface area contributed by atoms with Gasteiger partial charge in [-0.15, -0.1) is 0 Å². The molecule has 0 aliphatic rings. The second kappa shape index (κ2) is 6.87. The zero-order valence-electron chi connectivity index (χ0n) is 18.0. The lowest BCUT2D eigenvalue weighted by molar-refractivity contribution is -0.665. The summed E-state index contributed by atoms with van der Waals surface area (Å²) >= 11 is 0. The molecule has 0 N–H and O–H groups in total. The fourth-order valence-corrected chi connectivity index (χ4v) is 3.93. The Hall–Kier alpha value is -3.00. The van der Waals surface area contributed by atoms with Gasteiger partial charge in [-0.25, -0.2) is 4.39 Å². The minimum atomic E-state index is -0.186. The van der Waals surface area contributed by atoms with E-state index in [1.807, 2.05) is 69.6 Å². The van der Waals surface area contributed by atoms with E-state index >= 15 is 4.39 Å². The van der Waals surface area contributed by atoms with Crippen molar-refractivity contribution in [3.05, 3.63) is 88.8 Å². The smallest absolute Gasteiger partial charge is 0.206 e. The van der Waals surface area contributed by atoms with Crippen LogP contribution in [-0.2, 0) is 7.05 Å². The summed E-state index contributed by atoms with van der Waals surface area (Å²) in [5.41, 5.74) is 7.09. The zero-order chi connectivity index (χ0) is 20.9. The number of fused-ring (bicyclic) bond motifs is 1. The molecule has 28 heavy (non-hydrogen) atoms. The summed E-state index contributed by atoms with van der Waals surface area (Å²) in [6.07, 6.45) is 0. The molecule has 140 valence electrons. The standard InChI is InChI=1S/C26H25FN/c1-16-13-17(2)25(27)24(19(16)4)26-23-12-11-21(20-9-7-6-8-10-20)15-22(23)14-18(3)28(26)5/h6-15H,1-5H3/q+1/i14D. The molecule has 1 aromatic heterocycles. The van der Waals surface area contributed by atoms with Crippen molar-refractivity contribution in [1.82, 2.24) is 0 Å². The van der Waals surface area contributed by atoms with Gasteiger partial charge in [0.25, 0.3) is 0 Å². The predicted octanol–water partition coefficient (Wildman–Crippen LogP) is 6.37. The summed E-state index contributed by atoms with van der Waals surface area (Å²) in [6.45, 7) is 7.73. The topological polar surface area (TPSA) is 3.88 Å². The molecule has 0 amide bonds. The highest BCUT2D eigenvalue weighted by molar-refractivity contribution is 5.96. The Labute approximate surface area is 167 Å². The van der Waals surface area contributed by atoms with Gasteiger partial charge in [0.05, 0.1) is 12.3 Å². The summed E-state index contributed by atoms with van der Waals surface area (Å²) in [7, 11) is 1.92. The number of benzene rings is 3. The third kappa shape index (κ3) is 2.90. The van der Waals surface area contributed by atoms with Gasteiger partial charge in [-0.1, -0.05) is 42.5 Å². The van der Waals surface area contributed by atoms with Crippen LogP contribution in [0, 0.1) is 33.5 Å². The normalized spacial score (nSPS) is 11.7. The van der Waals surface area contributed by atoms with Crippen molar-refractivity contribution in [2.24, 2.45) is 7.05 Å². The van der Waals surface area contributed by atoms with E-state index in [0.29, 0.717) is 17.2 Å². The van der Waals surface area contributed by atoms with E-state index in [9.17, 15) is 0 Å². The van der Waals surface area contributed by atoms with Gasteiger partial charge in [0.2, 0.25) is 5.69 Å². The number of pyridine rings is 1. The third-order valence-electron chi connectivity index (χ3n) is 5.74. The molecule has 1 nitrogen and oxygen atoms in total. The Morgan fingerprint density at radius 3 is 2.29 bits per heavy atom. The highest BCUT2D eigenvalue weighted by Crippen LogP contribution is 2.35. The van der Waals surface area contributed by atoms with Gasteiger partial charge in [-0.2, -0.15) is 4.57 Å². The van der Waals surface area contributed by atoms with Crippen molar-refractivity contribution in [3.8, 4) is 22.4 Å². The van der Waals surface area contributed by atoms with Crippen molar-refractivity contribution in [2.45, 2.75) is 27.7 Å². The fourth-order valence-electron chi connectivity index (χ4n) is 3.93. The Kier molecular flexibility index (Phi) is 4.20. The first-order valence-electron chi connectivity index (χ1n) is 10.1. The van der Waals surface area contributed by atoms with Gasteiger partial charge >= 0.3 is 0 Å². The van der Waals surface area contributed by atoms with Gasteiger partial charge in [0.15, 0.2) is 5.69 Å². The quantitative estimate of drug-likeness (QED) is 0.360. The summed E-state index contributed by atoms with van der Waals surface area (Å²) in [4.78, 5) is 0. The second-order valence-corrected chi connectivity index (χ2v) is 7.57. The number of rotatable bonds is 2. The average Bonchev–Trinajstić information content (AvgIpc) is 2.73. The molecule has 0 aliphatic heterocycles. The van der Waals surface area contributed by atoms with Crippen molar-refractivity contribution in [3.63, 3.8) is 0 Å². The minimum Gasteiger partial charge on any atom is -0.206 e. The molecule has 0 atom stereocenters. The van der Waals surface area contributed by atoms with E-state index in [2.05, 4.69) is 24.3 Å². The largest absolute Gasteiger partial charge is 0.223 e. The summed E-state index contributed by atoms with van der Waals surface area (Å²) in [5.74, 6) is -0.186. The zero-order valence-corrected chi connectivity index (χ0v) is 17.0. The molecule has 3 aromatic carbocycles. The first kappa shape index (κ1) is 17.1. The maximum Gasteiger partial charge on any atom is 0.223 e. The second-order valence-electron chi connectivity index (χ2n) is 7.57. The third-order valence-corrected chi connectivity index (χ3v) is 5.74. The van der Waals surface area contributed by atoms with Crippen LogP contribution in [0.4, 0.5) is 4.39 Å². The lowest BCUT2D eigenvalue weighted by Crippen LogP contribution is -2.35. The van der Waals surface area contributed by atoms with Crippen LogP contribution in [0.15, 0.2) is 60.6 Å². The average molecular weight is 371 g/mol. The van der Waals surface area contributed by atoms with Gasteiger partial charge in [-0.3, -0.25) is 0 Å². The number of halogens is 1. The van der Waals surface area contributed by atoms with Gasteiger partial charge in [0.1, 0.15) is 12.9 Å². The van der Waals surface area contributed by atoms with Crippen molar-refractivity contribution < 1.29 is 10.3 Å². The van der Waals surface area contributed by atoms with Crippen LogP contribution in [0.5, 0.6) is 0 Å². The first-order valence-corrected chi connectivity index (χ1v) is 9.56. The molecular weight excluding hydrogens is 345 g/mol. The molecule has 0 unspecified atom stereocenters. The van der Waals surface area contributed by atoms with Gasteiger partial charge in [0, 0.05) is 13.0 Å². The number of nitrogens with zero attached hydrogens (tertiary/aromatic N) is 1. The minimum absolute atomic E-state index is 0.186. The van der Waals surface area contributed by atoms with Crippen LogP contribution in [0.3, 0.4) is 0 Å². The highest BCUT2D eigenvalue weighted by Gasteiger charge is 2.25. The molecule has 4 rings (SSSR count). The van der Waals surface area contributed by atoms with E-state index in [1.54, 1.807) is 0 Å². The van der Waals surface area contributed by atoms with Crippen molar-refractivity contribution in [2.75, 3.05) is 0 Å². The first-order chi connectivity index (χ1) is 13.8. The van der Waals surface area contributed by atoms with E-state index in [0.717, 1.165) is 44.4 Å². The van der Waals surface area contributed by atoms with Gasteiger partial charge in [-0.05, 0) is 66.1 Å². The monoisotopic (exact) mass is 371 g/mol. The summed E-state index contributed by atoms with van der Waals surface area (Å²) < 4.78 is 26.0. The van der Waals surface area contributed by atoms with Crippen LogP contribution in [0.25, 0.3) is 33.2 Å². The Balaban J connectivity index is 2.12. The molecular formula is C26H25FN+. The van der Waals surface area contributed by atoms with Gasteiger partial charge < -0.3 is 0 Å². The summed E-state index contributed by atoms with van der Waals surface area (Å²) in [5, 5.41) is 1.74. The van der Waals surface area contributed by atoms with Crippen LogP contribution >= 0.6 is 0 Å². The summed E-state index contributed by atoms with van der Waals surface area (Å²) in [6, 6.07) is 18.7. The van der Waals surface area contributed by atoms with Crippen LogP contribution < -0.4 is 4.57 Å². The van der Waals surface area contributed by atoms with Crippen LogP contribution in [0.2, 0.25) is 0 Å². The number of aryl methyl sites for hydroxylation is 2. The van der Waals surface area contributed by atoms with Crippen LogP contribution in [0.1, 0.15) is 23.8 Å². The molecule has 0 aliphatic carbocycles.